The first kappa shape index (κ1) is 10.4. The van der Waals surface area contributed by atoms with E-state index in [0.717, 1.165) is 31.0 Å². The number of nitrogens with zero attached hydrogens (tertiary/aromatic N) is 1. The number of aryl methyl sites for hydroxylation is 1. The molecule has 1 saturated heterocycles. The Morgan fingerprint density at radius 2 is 2.53 bits per heavy atom. The van der Waals surface area contributed by atoms with Crippen LogP contribution in [0.2, 0.25) is 0 Å². The van der Waals surface area contributed by atoms with E-state index in [-0.39, 0.29) is 0 Å². The third-order valence-corrected chi connectivity index (χ3v) is 2.72. The zero-order valence-corrected chi connectivity index (χ0v) is 9.20. The summed E-state index contributed by atoms with van der Waals surface area (Å²) in [6, 6.07) is 4.07. The lowest BCUT2D eigenvalue weighted by molar-refractivity contribution is 0.107. The molecule has 0 saturated carbocycles. The zero-order valence-electron chi connectivity index (χ0n) is 9.20. The van der Waals surface area contributed by atoms with Crippen LogP contribution in [0.5, 0.6) is 0 Å². The highest BCUT2D eigenvalue weighted by Gasteiger charge is 2.14. The van der Waals surface area contributed by atoms with Crippen LogP contribution in [0.4, 0.5) is 5.69 Å². The molecule has 0 radical (unpaired) electrons. The standard InChI is InChI=1S/C12H18N2O/c1-10-9-11(4-6-13-10)14-7-5-12-3-2-8-15-12/h4,6,9,12H,2-3,5,7-8H2,1H3,(H,13,14). The van der Waals surface area contributed by atoms with Gasteiger partial charge in [0.2, 0.25) is 0 Å². The largest absolute Gasteiger partial charge is 0.385 e. The van der Waals surface area contributed by atoms with Crippen LogP contribution >= 0.6 is 0 Å². The molecule has 2 heterocycles. The Balaban J connectivity index is 1.73. The van der Waals surface area contributed by atoms with Crippen molar-refractivity contribution in [1.82, 2.24) is 4.98 Å². The average molecular weight is 206 g/mol. The van der Waals surface area contributed by atoms with E-state index in [2.05, 4.69) is 16.4 Å². The zero-order chi connectivity index (χ0) is 10.5. The van der Waals surface area contributed by atoms with E-state index < -0.39 is 0 Å². The second-order valence-corrected chi connectivity index (χ2v) is 4.04. The molecule has 1 aliphatic rings. The van der Waals surface area contributed by atoms with Gasteiger partial charge < -0.3 is 10.1 Å². The maximum atomic E-state index is 5.56. The molecule has 1 aromatic rings. The Kier molecular flexibility index (Phi) is 3.56. The van der Waals surface area contributed by atoms with Crippen LogP contribution < -0.4 is 5.32 Å². The summed E-state index contributed by atoms with van der Waals surface area (Å²) in [5, 5.41) is 3.39. The molecule has 1 N–H and O–H groups in total. The highest BCUT2D eigenvalue weighted by Crippen LogP contribution is 2.15. The van der Waals surface area contributed by atoms with E-state index >= 15 is 0 Å². The molecule has 1 fully saturated rings. The van der Waals surface area contributed by atoms with Crippen molar-refractivity contribution in [2.75, 3.05) is 18.5 Å². The fourth-order valence-electron chi connectivity index (χ4n) is 1.91. The number of anilines is 1. The van der Waals surface area contributed by atoms with Gasteiger partial charge in [-0.25, -0.2) is 0 Å². The molecule has 0 amide bonds. The Morgan fingerprint density at radius 1 is 1.60 bits per heavy atom. The van der Waals surface area contributed by atoms with Gasteiger partial charge in [0.05, 0.1) is 6.10 Å². The van der Waals surface area contributed by atoms with Crippen molar-refractivity contribution in [2.24, 2.45) is 0 Å². The summed E-state index contributed by atoms with van der Waals surface area (Å²) in [6.45, 7) is 3.93. The number of ether oxygens (including phenoxy) is 1. The lowest BCUT2D eigenvalue weighted by Crippen LogP contribution is -2.12. The topological polar surface area (TPSA) is 34.1 Å². The molecule has 0 bridgehead atoms. The van der Waals surface area contributed by atoms with Crippen LogP contribution in [0.3, 0.4) is 0 Å². The van der Waals surface area contributed by atoms with Gasteiger partial charge in [-0.2, -0.15) is 0 Å². The van der Waals surface area contributed by atoms with Crippen LogP contribution in [0.25, 0.3) is 0 Å². The fraction of sp³-hybridized carbons (Fsp3) is 0.583. The lowest BCUT2D eigenvalue weighted by atomic mass is 10.2. The second-order valence-electron chi connectivity index (χ2n) is 4.04. The van der Waals surface area contributed by atoms with E-state index in [4.69, 9.17) is 4.74 Å². The molecule has 1 aliphatic heterocycles. The second kappa shape index (κ2) is 5.12. The van der Waals surface area contributed by atoms with E-state index in [1.807, 2.05) is 19.2 Å². The van der Waals surface area contributed by atoms with Crippen LogP contribution in [0.15, 0.2) is 18.3 Å². The minimum Gasteiger partial charge on any atom is -0.385 e. The van der Waals surface area contributed by atoms with Crippen molar-refractivity contribution in [3.05, 3.63) is 24.0 Å². The smallest absolute Gasteiger partial charge is 0.0592 e. The van der Waals surface area contributed by atoms with Crippen LogP contribution in [0.1, 0.15) is 25.0 Å². The molecular weight excluding hydrogens is 188 g/mol. The van der Waals surface area contributed by atoms with E-state index in [1.165, 1.54) is 12.8 Å². The molecular formula is C12H18N2O. The van der Waals surface area contributed by atoms with Crippen molar-refractivity contribution < 1.29 is 4.74 Å². The molecule has 3 heteroatoms. The predicted molar refractivity (Wildman–Crippen MR) is 61.1 cm³/mol. The molecule has 1 aromatic heterocycles. The molecule has 15 heavy (non-hydrogen) atoms. The molecule has 0 aromatic carbocycles. The molecule has 82 valence electrons. The number of nitrogens with one attached hydrogen (secondary N) is 1. The van der Waals surface area contributed by atoms with Gasteiger partial charge in [0.15, 0.2) is 0 Å². The van der Waals surface area contributed by atoms with E-state index in [0.29, 0.717) is 6.10 Å². The number of hydrogen-bond acceptors (Lipinski definition) is 3. The highest BCUT2D eigenvalue weighted by atomic mass is 16.5. The number of pyridine rings is 1. The normalized spacial score (nSPS) is 20.5. The summed E-state index contributed by atoms with van der Waals surface area (Å²) < 4.78 is 5.56. The SMILES string of the molecule is Cc1cc(NCCC2CCCO2)ccn1. The third-order valence-electron chi connectivity index (χ3n) is 2.72. The van der Waals surface area contributed by atoms with Gasteiger partial charge in [-0.05, 0) is 38.3 Å². The Morgan fingerprint density at radius 3 is 3.27 bits per heavy atom. The summed E-state index contributed by atoms with van der Waals surface area (Å²) in [7, 11) is 0. The molecule has 0 spiro atoms. The maximum absolute atomic E-state index is 5.56. The van der Waals surface area contributed by atoms with Crippen LogP contribution in [-0.2, 0) is 4.74 Å². The van der Waals surface area contributed by atoms with Gasteiger partial charge in [0, 0.05) is 30.7 Å². The van der Waals surface area contributed by atoms with Gasteiger partial charge in [-0.3, -0.25) is 4.98 Å². The van der Waals surface area contributed by atoms with Crippen molar-refractivity contribution in [3.8, 4) is 0 Å². The van der Waals surface area contributed by atoms with Crippen molar-refractivity contribution in [3.63, 3.8) is 0 Å². The Labute approximate surface area is 90.9 Å². The maximum Gasteiger partial charge on any atom is 0.0592 e. The number of aromatic nitrogens is 1. The van der Waals surface area contributed by atoms with Crippen molar-refractivity contribution in [1.29, 1.82) is 0 Å². The molecule has 0 aliphatic carbocycles. The number of hydrogen-bond donors (Lipinski definition) is 1. The number of rotatable bonds is 4. The Bertz CT molecular complexity index is 308. The summed E-state index contributed by atoms with van der Waals surface area (Å²) in [5.41, 5.74) is 2.21. The first-order valence-corrected chi connectivity index (χ1v) is 5.63. The van der Waals surface area contributed by atoms with E-state index in [9.17, 15) is 0 Å². The van der Waals surface area contributed by atoms with Gasteiger partial charge in [-0.1, -0.05) is 0 Å². The van der Waals surface area contributed by atoms with Gasteiger partial charge in [-0.15, -0.1) is 0 Å². The van der Waals surface area contributed by atoms with Crippen molar-refractivity contribution in [2.45, 2.75) is 32.3 Å². The summed E-state index contributed by atoms with van der Waals surface area (Å²) in [6.07, 6.45) is 5.85. The summed E-state index contributed by atoms with van der Waals surface area (Å²) in [5.74, 6) is 0. The van der Waals surface area contributed by atoms with Gasteiger partial charge in [0.25, 0.3) is 0 Å². The minimum absolute atomic E-state index is 0.473. The molecule has 3 nitrogen and oxygen atoms in total. The third kappa shape index (κ3) is 3.20. The minimum atomic E-state index is 0.473. The van der Waals surface area contributed by atoms with Crippen LogP contribution in [0, 0.1) is 6.92 Å². The van der Waals surface area contributed by atoms with Gasteiger partial charge >= 0.3 is 0 Å². The monoisotopic (exact) mass is 206 g/mol. The molecule has 1 unspecified atom stereocenters. The molecule has 1 atom stereocenters. The summed E-state index contributed by atoms with van der Waals surface area (Å²) in [4.78, 5) is 4.16. The predicted octanol–water partition coefficient (Wildman–Crippen LogP) is 2.37. The van der Waals surface area contributed by atoms with Crippen LogP contribution in [-0.4, -0.2) is 24.2 Å². The Hall–Kier alpha value is -1.09. The lowest BCUT2D eigenvalue weighted by Gasteiger charge is -2.10. The van der Waals surface area contributed by atoms with E-state index in [1.54, 1.807) is 0 Å². The average Bonchev–Trinajstić information content (AvgIpc) is 2.71. The first-order chi connectivity index (χ1) is 7.34. The van der Waals surface area contributed by atoms with Crippen molar-refractivity contribution >= 4 is 5.69 Å². The first-order valence-electron chi connectivity index (χ1n) is 5.63. The quantitative estimate of drug-likeness (QED) is 0.821. The fourth-order valence-corrected chi connectivity index (χ4v) is 1.91. The van der Waals surface area contributed by atoms with Gasteiger partial charge in [0.1, 0.15) is 0 Å². The summed E-state index contributed by atoms with van der Waals surface area (Å²) >= 11 is 0. The highest BCUT2D eigenvalue weighted by molar-refractivity contribution is 5.42. The molecule has 2 rings (SSSR count).